The number of benzene rings is 1. The number of likely N-dealkylation sites (tertiary alicyclic amines) is 1. The molecule has 1 fully saturated rings. The van der Waals surface area contributed by atoms with Gasteiger partial charge in [-0.2, -0.15) is 4.72 Å². The van der Waals surface area contributed by atoms with Crippen LogP contribution >= 0.6 is 0 Å². The number of rotatable bonds is 6. The van der Waals surface area contributed by atoms with Crippen LogP contribution in [0.2, 0.25) is 0 Å². The number of hydrogen-bond acceptors (Lipinski definition) is 6. The zero-order valence-electron chi connectivity index (χ0n) is 19.1. The van der Waals surface area contributed by atoms with Gasteiger partial charge in [0.05, 0.1) is 10.9 Å². The van der Waals surface area contributed by atoms with E-state index in [1.807, 2.05) is 0 Å². The van der Waals surface area contributed by atoms with Gasteiger partial charge in [-0.25, -0.2) is 13.2 Å². The first-order valence-corrected chi connectivity index (χ1v) is 11.9. The quantitative estimate of drug-likeness (QED) is 0.583. The Morgan fingerprint density at radius 1 is 1.09 bits per heavy atom. The second-order valence-corrected chi connectivity index (χ2v) is 10.5. The summed E-state index contributed by atoms with van der Waals surface area (Å²) in [5.41, 5.74) is -0.110. The Labute approximate surface area is 189 Å². The zero-order chi connectivity index (χ0) is 24.1. The SMILES string of the molecule is CC(=O)Nc1ccc(S(=O)(=O)N[C@@H](C)C(=O)N2CCC(NC(=O)OC(C)(C)C)CC2)cc1. The fourth-order valence-corrected chi connectivity index (χ4v) is 4.46. The Hall–Kier alpha value is -2.66. The predicted octanol–water partition coefficient (Wildman–Crippen LogP) is 1.83. The zero-order valence-corrected chi connectivity index (χ0v) is 19.9. The van der Waals surface area contributed by atoms with Gasteiger partial charge in [0.1, 0.15) is 5.60 Å². The van der Waals surface area contributed by atoms with Crippen molar-refractivity contribution in [1.29, 1.82) is 0 Å². The molecule has 1 aliphatic rings. The Balaban J connectivity index is 1.88. The number of anilines is 1. The molecule has 10 nitrogen and oxygen atoms in total. The summed E-state index contributed by atoms with van der Waals surface area (Å²) in [6.07, 6.45) is 0.609. The normalized spacial score (nSPS) is 16.2. The van der Waals surface area contributed by atoms with Crippen LogP contribution in [0, 0.1) is 0 Å². The molecule has 0 spiro atoms. The third-order valence-corrected chi connectivity index (χ3v) is 6.27. The molecule has 0 unspecified atom stereocenters. The summed E-state index contributed by atoms with van der Waals surface area (Å²) < 4.78 is 32.9. The standard InChI is InChI=1S/C21H32N4O6S/c1-14(24-32(29,30)18-8-6-16(7-9-18)22-15(2)26)19(27)25-12-10-17(11-13-25)23-20(28)31-21(3,4)5/h6-9,14,17,24H,10-13H2,1-5H3,(H,22,26)(H,23,28)/t14-/m0/s1. The van der Waals surface area contributed by atoms with Crippen LogP contribution in [0.1, 0.15) is 47.5 Å². The van der Waals surface area contributed by atoms with Gasteiger partial charge in [0.25, 0.3) is 0 Å². The number of carbonyl (C=O) groups is 3. The van der Waals surface area contributed by atoms with Gasteiger partial charge < -0.3 is 20.3 Å². The maximum Gasteiger partial charge on any atom is 0.407 e. The average molecular weight is 469 g/mol. The number of ether oxygens (including phenoxy) is 1. The number of hydrogen-bond donors (Lipinski definition) is 3. The van der Waals surface area contributed by atoms with E-state index in [9.17, 15) is 22.8 Å². The molecule has 32 heavy (non-hydrogen) atoms. The summed E-state index contributed by atoms with van der Waals surface area (Å²) in [4.78, 5) is 37.3. The first-order chi connectivity index (χ1) is 14.8. The molecule has 0 bridgehead atoms. The molecule has 178 valence electrons. The maximum atomic E-state index is 12.7. The van der Waals surface area contributed by atoms with E-state index in [1.165, 1.54) is 38.1 Å². The molecule has 0 radical (unpaired) electrons. The Morgan fingerprint density at radius 3 is 2.16 bits per heavy atom. The van der Waals surface area contributed by atoms with E-state index in [-0.39, 0.29) is 22.8 Å². The lowest BCUT2D eigenvalue weighted by molar-refractivity contribution is -0.133. The number of alkyl carbamates (subject to hydrolysis) is 1. The minimum absolute atomic E-state index is 0.00785. The molecule has 0 aromatic heterocycles. The van der Waals surface area contributed by atoms with Gasteiger partial charge in [-0.15, -0.1) is 0 Å². The number of sulfonamides is 1. The number of nitrogens with zero attached hydrogens (tertiary/aromatic N) is 1. The van der Waals surface area contributed by atoms with Gasteiger partial charge in [-0.05, 0) is 64.8 Å². The third-order valence-electron chi connectivity index (χ3n) is 4.71. The van der Waals surface area contributed by atoms with Crippen LogP contribution in [0.4, 0.5) is 10.5 Å². The van der Waals surface area contributed by atoms with Crippen LogP contribution < -0.4 is 15.4 Å². The average Bonchev–Trinajstić information content (AvgIpc) is 2.66. The molecule has 1 aromatic carbocycles. The molecule has 3 amide bonds. The van der Waals surface area contributed by atoms with Crippen molar-refractivity contribution in [3.05, 3.63) is 24.3 Å². The van der Waals surface area contributed by atoms with Gasteiger partial charge in [-0.1, -0.05) is 0 Å². The number of carbonyl (C=O) groups excluding carboxylic acids is 3. The fourth-order valence-electron chi connectivity index (χ4n) is 3.26. The van der Waals surface area contributed by atoms with E-state index < -0.39 is 27.8 Å². The van der Waals surface area contributed by atoms with E-state index in [0.29, 0.717) is 31.6 Å². The van der Waals surface area contributed by atoms with E-state index in [4.69, 9.17) is 4.74 Å². The largest absolute Gasteiger partial charge is 0.444 e. The van der Waals surface area contributed by atoms with Crippen molar-refractivity contribution < 1.29 is 27.5 Å². The fraction of sp³-hybridized carbons (Fsp3) is 0.571. The van der Waals surface area contributed by atoms with E-state index >= 15 is 0 Å². The molecule has 1 saturated heterocycles. The third kappa shape index (κ3) is 7.79. The first kappa shape index (κ1) is 25.6. The number of amides is 3. The Morgan fingerprint density at radius 2 is 1.66 bits per heavy atom. The van der Waals surface area contributed by atoms with Crippen LogP contribution in [-0.4, -0.2) is 62.0 Å². The molecular weight excluding hydrogens is 436 g/mol. The minimum Gasteiger partial charge on any atom is -0.444 e. The summed E-state index contributed by atoms with van der Waals surface area (Å²) in [5, 5.41) is 5.37. The van der Waals surface area contributed by atoms with Gasteiger partial charge in [0.2, 0.25) is 21.8 Å². The molecule has 0 saturated carbocycles. The van der Waals surface area contributed by atoms with Crippen molar-refractivity contribution in [3.8, 4) is 0 Å². The monoisotopic (exact) mass is 468 g/mol. The highest BCUT2D eigenvalue weighted by Crippen LogP contribution is 2.16. The molecule has 1 heterocycles. The van der Waals surface area contributed by atoms with Crippen molar-refractivity contribution in [2.75, 3.05) is 18.4 Å². The summed E-state index contributed by atoms with van der Waals surface area (Å²) >= 11 is 0. The lowest BCUT2D eigenvalue weighted by Gasteiger charge is -2.34. The summed E-state index contributed by atoms with van der Waals surface area (Å²) in [6.45, 7) is 9.01. The molecule has 11 heteroatoms. The maximum absolute atomic E-state index is 12.7. The van der Waals surface area contributed by atoms with Crippen LogP contribution in [0.25, 0.3) is 0 Å². The Kier molecular flexibility index (Phi) is 8.24. The first-order valence-electron chi connectivity index (χ1n) is 10.4. The van der Waals surface area contributed by atoms with Crippen molar-refractivity contribution in [2.24, 2.45) is 0 Å². The molecule has 3 N–H and O–H groups in total. The van der Waals surface area contributed by atoms with Crippen LogP contribution in [-0.2, 0) is 24.3 Å². The van der Waals surface area contributed by atoms with Gasteiger partial charge >= 0.3 is 6.09 Å². The number of piperidine rings is 1. The lowest BCUT2D eigenvalue weighted by Crippen LogP contribution is -2.52. The lowest BCUT2D eigenvalue weighted by atomic mass is 10.0. The van der Waals surface area contributed by atoms with Crippen LogP contribution in [0.5, 0.6) is 0 Å². The molecule has 1 aliphatic heterocycles. The van der Waals surface area contributed by atoms with E-state index in [2.05, 4.69) is 15.4 Å². The number of nitrogens with one attached hydrogen (secondary N) is 3. The van der Waals surface area contributed by atoms with Gasteiger partial charge in [-0.3, -0.25) is 9.59 Å². The van der Waals surface area contributed by atoms with Gasteiger partial charge in [0.15, 0.2) is 0 Å². The highest BCUT2D eigenvalue weighted by molar-refractivity contribution is 7.89. The van der Waals surface area contributed by atoms with Gasteiger partial charge in [0, 0.05) is 31.7 Å². The topological polar surface area (TPSA) is 134 Å². The highest BCUT2D eigenvalue weighted by Gasteiger charge is 2.30. The smallest absolute Gasteiger partial charge is 0.407 e. The highest BCUT2D eigenvalue weighted by atomic mass is 32.2. The molecular formula is C21H32N4O6S. The van der Waals surface area contributed by atoms with Crippen molar-refractivity contribution in [2.45, 2.75) is 70.0 Å². The van der Waals surface area contributed by atoms with Crippen molar-refractivity contribution >= 4 is 33.6 Å². The van der Waals surface area contributed by atoms with E-state index in [0.717, 1.165) is 0 Å². The van der Waals surface area contributed by atoms with Crippen molar-refractivity contribution in [3.63, 3.8) is 0 Å². The molecule has 0 aliphatic carbocycles. The van der Waals surface area contributed by atoms with E-state index in [1.54, 1.807) is 25.7 Å². The summed E-state index contributed by atoms with van der Waals surface area (Å²) in [7, 11) is -3.92. The molecule has 1 atom stereocenters. The van der Waals surface area contributed by atoms with Crippen LogP contribution in [0.3, 0.4) is 0 Å². The molecule has 1 aromatic rings. The second-order valence-electron chi connectivity index (χ2n) is 8.79. The second kappa shape index (κ2) is 10.3. The Bertz CT molecular complexity index is 932. The predicted molar refractivity (Wildman–Crippen MR) is 120 cm³/mol. The van der Waals surface area contributed by atoms with Crippen LogP contribution in [0.15, 0.2) is 29.2 Å². The summed E-state index contributed by atoms with van der Waals surface area (Å²) in [6, 6.07) is 4.61. The minimum atomic E-state index is -3.92. The summed E-state index contributed by atoms with van der Waals surface area (Å²) in [5.74, 6) is -0.595. The molecule has 2 rings (SSSR count). The van der Waals surface area contributed by atoms with Crippen molar-refractivity contribution in [1.82, 2.24) is 14.9 Å².